The summed E-state index contributed by atoms with van der Waals surface area (Å²) in [5, 5.41) is 9.54. The first-order chi connectivity index (χ1) is 15.3. The summed E-state index contributed by atoms with van der Waals surface area (Å²) in [6.45, 7) is 1.43. The lowest BCUT2D eigenvalue weighted by atomic mass is 10.2. The van der Waals surface area contributed by atoms with Crippen LogP contribution in [0.25, 0.3) is 22.7 Å². The predicted octanol–water partition coefficient (Wildman–Crippen LogP) is 5.21. The second-order valence-corrected chi connectivity index (χ2v) is 8.27. The Kier molecular flexibility index (Phi) is 5.82. The zero-order valence-electron chi connectivity index (χ0n) is 16.8. The Morgan fingerprint density at radius 3 is 2.65 bits per heavy atom. The summed E-state index contributed by atoms with van der Waals surface area (Å²) < 4.78 is 27.2. The third-order valence-corrected chi connectivity index (χ3v) is 6.12. The molecule has 6 nitrogen and oxygen atoms in total. The molecule has 3 heterocycles. The number of rotatable bonds is 7. The fourth-order valence-corrected chi connectivity index (χ4v) is 4.41. The molecule has 0 N–H and O–H groups in total. The summed E-state index contributed by atoms with van der Waals surface area (Å²) in [7, 11) is 0. The summed E-state index contributed by atoms with van der Waals surface area (Å²) in [5.74, 6) is 2.32. The average molecular weight is 437 g/mol. The fraction of sp³-hybridized carbons (Fsp3) is 0.261. The van der Waals surface area contributed by atoms with Crippen molar-refractivity contribution in [2.45, 2.75) is 36.4 Å². The number of oxazole rings is 1. The van der Waals surface area contributed by atoms with Gasteiger partial charge in [-0.25, -0.2) is 9.37 Å². The molecular formula is C23H21FN4O2S. The van der Waals surface area contributed by atoms with Gasteiger partial charge in [-0.15, -0.1) is 10.2 Å². The van der Waals surface area contributed by atoms with Crippen molar-refractivity contribution < 1.29 is 13.5 Å². The molecule has 1 aliphatic heterocycles. The Morgan fingerprint density at radius 2 is 1.87 bits per heavy atom. The number of thioether (sulfide) groups is 1. The standard InChI is InChI=1S/C23H21FN4O2S/c24-18-10-8-17(9-11-18)22-26-27-23(28(22)14-19-7-4-12-29-19)31-15-21-25-13-20(30-21)16-5-2-1-3-6-16/h1-3,5-6,8-11,13,19H,4,7,12,14-15H2/t19-/m0/s1. The first kappa shape index (κ1) is 20.0. The van der Waals surface area contributed by atoms with Crippen molar-refractivity contribution in [1.82, 2.24) is 19.7 Å². The van der Waals surface area contributed by atoms with Gasteiger partial charge >= 0.3 is 0 Å². The van der Waals surface area contributed by atoms with Gasteiger partial charge in [0.1, 0.15) is 5.82 Å². The number of nitrogens with zero attached hydrogens (tertiary/aromatic N) is 4. The van der Waals surface area contributed by atoms with E-state index in [0.717, 1.165) is 41.5 Å². The van der Waals surface area contributed by atoms with Crippen molar-refractivity contribution >= 4 is 11.8 Å². The van der Waals surface area contributed by atoms with E-state index < -0.39 is 0 Å². The monoisotopic (exact) mass is 436 g/mol. The maximum absolute atomic E-state index is 13.4. The number of aromatic nitrogens is 4. The first-order valence-corrected chi connectivity index (χ1v) is 11.2. The molecule has 4 aromatic rings. The van der Waals surface area contributed by atoms with Crippen LogP contribution in [-0.4, -0.2) is 32.5 Å². The lowest BCUT2D eigenvalue weighted by molar-refractivity contribution is 0.0953. The molecular weight excluding hydrogens is 415 g/mol. The van der Waals surface area contributed by atoms with Gasteiger partial charge in [-0.2, -0.15) is 0 Å². The number of benzene rings is 2. The zero-order chi connectivity index (χ0) is 21.0. The van der Waals surface area contributed by atoms with E-state index in [-0.39, 0.29) is 11.9 Å². The molecule has 0 aliphatic carbocycles. The highest BCUT2D eigenvalue weighted by Crippen LogP contribution is 2.29. The van der Waals surface area contributed by atoms with Gasteiger partial charge in [-0.05, 0) is 37.1 Å². The van der Waals surface area contributed by atoms with E-state index in [1.165, 1.54) is 23.9 Å². The SMILES string of the molecule is Fc1ccc(-c2nnc(SCc3ncc(-c4ccccc4)o3)n2C[C@@H]2CCCO2)cc1. The molecule has 31 heavy (non-hydrogen) atoms. The van der Waals surface area contributed by atoms with Crippen molar-refractivity contribution in [2.24, 2.45) is 0 Å². The Morgan fingerprint density at radius 1 is 1.03 bits per heavy atom. The lowest BCUT2D eigenvalue weighted by Gasteiger charge is -2.14. The zero-order valence-corrected chi connectivity index (χ0v) is 17.6. The van der Waals surface area contributed by atoms with E-state index in [1.807, 2.05) is 30.3 Å². The van der Waals surface area contributed by atoms with Gasteiger partial charge in [0.05, 0.1) is 24.6 Å². The molecule has 2 aromatic heterocycles. The van der Waals surface area contributed by atoms with Crippen molar-refractivity contribution in [1.29, 1.82) is 0 Å². The van der Waals surface area contributed by atoms with E-state index in [2.05, 4.69) is 19.7 Å². The number of ether oxygens (including phenoxy) is 1. The molecule has 0 radical (unpaired) electrons. The number of hydrogen-bond donors (Lipinski definition) is 0. The molecule has 1 saturated heterocycles. The molecule has 158 valence electrons. The molecule has 0 bridgehead atoms. The highest BCUT2D eigenvalue weighted by Gasteiger charge is 2.22. The molecule has 5 rings (SSSR count). The van der Waals surface area contributed by atoms with Crippen LogP contribution < -0.4 is 0 Å². The predicted molar refractivity (Wildman–Crippen MR) is 116 cm³/mol. The number of halogens is 1. The Balaban J connectivity index is 1.37. The van der Waals surface area contributed by atoms with E-state index in [4.69, 9.17) is 9.15 Å². The Bertz CT molecular complexity index is 1140. The maximum atomic E-state index is 13.4. The van der Waals surface area contributed by atoms with E-state index in [0.29, 0.717) is 24.0 Å². The lowest BCUT2D eigenvalue weighted by Crippen LogP contribution is -2.16. The van der Waals surface area contributed by atoms with Gasteiger partial charge in [0.25, 0.3) is 0 Å². The molecule has 1 atom stereocenters. The highest BCUT2D eigenvalue weighted by atomic mass is 32.2. The smallest absolute Gasteiger partial charge is 0.205 e. The molecule has 0 spiro atoms. The summed E-state index contributed by atoms with van der Waals surface area (Å²) >= 11 is 1.51. The fourth-order valence-electron chi connectivity index (χ4n) is 3.60. The summed E-state index contributed by atoms with van der Waals surface area (Å²) in [4.78, 5) is 4.40. The van der Waals surface area contributed by atoms with E-state index in [9.17, 15) is 4.39 Å². The minimum absolute atomic E-state index is 0.126. The molecule has 0 amide bonds. The highest BCUT2D eigenvalue weighted by molar-refractivity contribution is 7.98. The summed E-state index contributed by atoms with van der Waals surface area (Å²) in [6, 6.07) is 16.2. The Hall–Kier alpha value is -2.97. The third kappa shape index (κ3) is 4.55. The van der Waals surface area contributed by atoms with Crippen molar-refractivity contribution in [3.63, 3.8) is 0 Å². The minimum atomic E-state index is -0.276. The van der Waals surface area contributed by atoms with Crippen molar-refractivity contribution in [3.8, 4) is 22.7 Å². The Labute approximate surface area is 183 Å². The van der Waals surface area contributed by atoms with Crippen LogP contribution in [0.3, 0.4) is 0 Å². The largest absolute Gasteiger partial charge is 0.440 e. The topological polar surface area (TPSA) is 66.0 Å². The molecule has 0 unspecified atom stereocenters. The van der Waals surface area contributed by atoms with Crippen LogP contribution in [0.5, 0.6) is 0 Å². The van der Waals surface area contributed by atoms with Gasteiger partial charge in [0.2, 0.25) is 5.89 Å². The van der Waals surface area contributed by atoms with Crippen LogP contribution in [0.2, 0.25) is 0 Å². The molecule has 2 aromatic carbocycles. The first-order valence-electron chi connectivity index (χ1n) is 10.2. The van der Waals surface area contributed by atoms with Crippen LogP contribution >= 0.6 is 11.8 Å². The minimum Gasteiger partial charge on any atom is -0.440 e. The van der Waals surface area contributed by atoms with Crippen molar-refractivity contribution in [3.05, 3.63) is 72.5 Å². The molecule has 0 saturated carbocycles. The molecule has 1 fully saturated rings. The number of hydrogen-bond acceptors (Lipinski definition) is 6. The second-order valence-electron chi connectivity index (χ2n) is 7.33. The quantitative estimate of drug-likeness (QED) is 0.371. The van der Waals surface area contributed by atoms with Crippen LogP contribution in [-0.2, 0) is 17.0 Å². The normalized spacial score (nSPS) is 16.1. The van der Waals surface area contributed by atoms with Crippen molar-refractivity contribution in [2.75, 3.05) is 6.61 Å². The summed E-state index contributed by atoms with van der Waals surface area (Å²) in [6.07, 6.45) is 3.93. The second kappa shape index (κ2) is 9.03. The van der Waals surface area contributed by atoms with E-state index in [1.54, 1.807) is 18.3 Å². The van der Waals surface area contributed by atoms with Crippen LogP contribution in [0.15, 0.2) is 70.4 Å². The molecule has 8 heteroatoms. The molecule has 1 aliphatic rings. The van der Waals surface area contributed by atoms with E-state index >= 15 is 0 Å². The van der Waals surface area contributed by atoms with Gasteiger partial charge < -0.3 is 9.15 Å². The van der Waals surface area contributed by atoms with Gasteiger partial charge in [0, 0.05) is 17.7 Å². The third-order valence-electron chi connectivity index (χ3n) is 5.17. The summed E-state index contributed by atoms with van der Waals surface area (Å²) in [5.41, 5.74) is 1.81. The van der Waals surface area contributed by atoms with Crippen LogP contribution in [0, 0.1) is 5.82 Å². The average Bonchev–Trinajstić information content (AvgIpc) is 3.56. The van der Waals surface area contributed by atoms with Gasteiger partial charge in [-0.1, -0.05) is 42.1 Å². The van der Waals surface area contributed by atoms with Crippen LogP contribution in [0.1, 0.15) is 18.7 Å². The van der Waals surface area contributed by atoms with Gasteiger partial charge in [-0.3, -0.25) is 4.57 Å². The van der Waals surface area contributed by atoms with Gasteiger partial charge in [0.15, 0.2) is 16.7 Å². The maximum Gasteiger partial charge on any atom is 0.205 e. The van der Waals surface area contributed by atoms with Crippen LogP contribution in [0.4, 0.5) is 4.39 Å².